The molecule has 1 aliphatic heterocycles. The minimum absolute atomic E-state index is 0.201. The van der Waals surface area contributed by atoms with Gasteiger partial charge in [0.05, 0.1) is 6.54 Å². The molecule has 0 atom stereocenters. The first-order chi connectivity index (χ1) is 8.09. The van der Waals surface area contributed by atoms with Crippen LogP contribution in [-0.2, 0) is 4.79 Å². The number of nitrogens with zero attached hydrogens (tertiary/aromatic N) is 2. The third-order valence-electron chi connectivity index (χ3n) is 3.26. The predicted octanol–water partition coefficient (Wildman–Crippen LogP) is 2.09. The molecule has 0 aromatic heterocycles. The smallest absolute Gasteiger partial charge is 0.241 e. The summed E-state index contributed by atoms with van der Waals surface area (Å²) in [6.45, 7) is 6.59. The molecule has 3 nitrogen and oxygen atoms in total. The summed E-state index contributed by atoms with van der Waals surface area (Å²) in [6, 6.07) is 8.22. The monoisotopic (exact) mass is 232 g/mol. The molecule has 0 saturated carbocycles. The molecule has 1 aromatic rings. The van der Waals surface area contributed by atoms with Gasteiger partial charge in [-0.05, 0) is 24.6 Å². The first-order valence-corrected chi connectivity index (χ1v) is 6.17. The topological polar surface area (TPSA) is 23.6 Å². The maximum Gasteiger partial charge on any atom is 0.241 e. The molecule has 1 fully saturated rings. The van der Waals surface area contributed by atoms with Gasteiger partial charge >= 0.3 is 0 Å². The van der Waals surface area contributed by atoms with Gasteiger partial charge in [0.1, 0.15) is 0 Å². The highest BCUT2D eigenvalue weighted by Gasteiger charge is 2.24. The number of hydrogen-bond donors (Lipinski definition) is 0. The Labute approximate surface area is 103 Å². The van der Waals surface area contributed by atoms with Crippen LogP contribution >= 0.6 is 0 Å². The molecule has 0 bridgehead atoms. The zero-order valence-electron chi connectivity index (χ0n) is 10.8. The van der Waals surface area contributed by atoms with Crippen molar-refractivity contribution >= 4 is 11.6 Å². The van der Waals surface area contributed by atoms with Crippen LogP contribution in [0.1, 0.15) is 25.3 Å². The van der Waals surface area contributed by atoms with Crippen LogP contribution in [0.2, 0.25) is 0 Å². The Morgan fingerprint density at radius 1 is 1.18 bits per heavy atom. The maximum absolute atomic E-state index is 12.1. The summed E-state index contributed by atoms with van der Waals surface area (Å²) in [5, 5.41) is 0. The Bertz CT molecular complexity index is 414. The van der Waals surface area contributed by atoms with E-state index in [1.54, 1.807) is 0 Å². The van der Waals surface area contributed by atoms with E-state index in [0.29, 0.717) is 12.5 Å². The fraction of sp³-hybridized carbons (Fsp3) is 0.500. The van der Waals surface area contributed by atoms with E-state index in [1.807, 2.05) is 24.1 Å². The molecule has 0 aliphatic carbocycles. The van der Waals surface area contributed by atoms with E-state index in [0.717, 1.165) is 18.8 Å². The second-order valence-electron chi connectivity index (χ2n) is 5.00. The van der Waals surface area contributed by atoms with Gasteiger partial charge in [0.15, 0.2) is 0 Å². The van der Waals surface area contributed by atoms with Crippen molar-refractivity contribution in [2.75, 3.05) is 31.6 Å². The molecule has 92 valence electrons. The van der Waals surface area contributed by atoms with Crippen LogP contribution in [0.5, 0.6) is 0 Å². The number of anilines is 1. The summed E-state index contributed by atoms with van der Waals surface area (Å²) in [7, 11) is 1.99. The third kappa shape index (κ3) is 2.50. The molecule has 0 radical (unpaired) electrons. The number of amides is 1. The Morgan fingerprint density at radius 3 is 2.53 bits per heavy atom. The number of piperazine rings is 1. The van der Waals surface area contributed by atoms with Crippen LogP contribution in [0.4, 0.5) is 5.69 Å². The molecular formula is C14H20N2O. The SMILES string of the molecule is CC(C)c1ccccc1N1CCN(C)CC1=O. The molecule has 1 saturated heterocycles. The van der Waals surface area contributed by atoms with E-state index >= 15 is 0 Å². The van der Waals surface area contributed by atoms with Gasteiger partial charge in [-0.3, -0.25) is 9.69 Å². The fourth-order valence-electron chi connectivity index (χ4n) is 2.27. The van der Waals surface area contributed by atoms with Crippen molar-refractivity contribution in [1.82, 2.24) is 4.90 Å². The first kappa shape index (κ1) is 12.1. The molecule has 1 aromatic carbocycles. The molecule has 1 heterocycles. The first-order valence-electron chi connectivity index (χ1n) is 6.17. The van der Waals surface area contributed by atoms with Gasteiger partial charge < -0.3 is 4.90 Å². The van der Waals surface area contributed by atoms with Crippen molar-refractivity contribution in [2.24, 2.45) is 0 Å². The molecule has 2 rings (SSSR count). The van der Waals surface area contributed by atoms with Crippen LogP contribution in [0.15, 0.2) is 24.3 Å². The quantitative estimate of drug-likeness (QED) is 0.779. The minimum Gasteiger partial charge on any atom is -0.310 e. The lowest BCUT2D eigenvalue weighted by atomic mass is 10.00. The van der Waals surface area contributed by atoms with Crippen molar-refractivity contribution in [3.8, 4) is 0 Å². The Hall–Kier alpha value is -1.35. The average Bonchev–Trinajstić information content (AvgIpc) is 2.29. The van der Waals surface area contributed by atoms with Crippen molar-refractivity contribution in [3.63, 3.8) is 0 Å². The summed E-state index contributed by atoms with van der Waals surface area (Å²) < 4.78 is 0. The second-order valence-corrected chi connectivity index (χ2v) is 5.00. The molecule has 0 N–H and O–H groups in total. The van der Waals surface area contributed by atoms with E-state index < -0.39 is 0 Å². The van der Waals surface area contributed by atoms with Gasteiger partial charge in [0.25, 0.3) is 0 Å². The lowest BCUT2D eigenvalue weighted by Gasteiger charge is -2.33. The molecule has 3 heteroatoms. The van der Waals surface area contributed by atoms with Crippen molar-refractivity contribution in [2.45, 2.75) is 19.8 Å². The van der Waals surface area contributed by atoms with Crippen LogP contribution in [-0.4, -0.2) is 37.5 Å². The van der Waals surface area contributed by atoms with Crippen LogP contribution in [0, 0.1) is 0 Å². The van der Waals surface area contributed by atoms with E-state index in [9.17, 15) is 4.79 Å². The lowest BCUT2D eigenvalue weighted by molar-refractivity contribution is -0.120. The number of para-hydroxylation sites is 1. The van der Waals surface area contributed by atoms with Crippen LogP contribution in [0.3, 0.4) is 0 Å². The molecule has 0 spiro atoms. The van der Waals surface area contributed by atoms with Crippen molar-refractivity contribution in [3.05, 3.63) is 29.8 Å². The number of rotatable bonds is 2. The summed E-state index contributed by atoms with van der Waals surface area (Å²) in [4.78, 5) is 16.1. The standard InChI is InChI=1S/C14H20N2O/c1-11(2)12-6-4-5-7-13(12)16-9-8-15(3)10-14(16)17/h4-7,11H,8-10H2,1-3H3. The van der Waals surface area contributed by atoms with Gasteiger partial charge in [-0.2, -0.15) is 0 Å². The van der Waals surface area contributed by atoms with Crippen molar-refractivity contribution in [1.29, 1.82) is 0 Å². The van der Waals surface area contributed by atoms with Gasteiger partial charge in [0, 0.05) is 18.8 Å². The van der Waals surface area contributed by atoms with Gasteiger partial charge in [0.2, 0.25) is 5.91 Å². The van der Waals surface area contributed by atoms with Gasteiger partial charge in [-0.15, -0.1) is 0 Å². The third-order valence-corrected chi connectivity index (χ3v) is 3.26. The molecule has 1 amide bonds. The average molecular weight is 232 g/mol. The summed E-state index contributed by atoms with van der Waals surface area (Å²) in [5.74, 6) is 0.644. The minimum atomic E-state index is 0.201. The van der Waals surface area contributed by atoms with Crippen molar-refractivity contribution < 1.29 is 4.79 Å². The molecule has 0 unspecified atom stereocenters. The Morgan fingerprint density at radius 2 is 1.88 bits per heavy atom. The Kier molecular flexibility index (Phi) is 3.48. The highest BCUT2D eigenvalue weighted by Crippen LogP contribution is 2.28. The maximum atomic E-state index is 12.1. The largest absolute Gasteiger partial charge is 0.310 e. The number of hydrogen-bond acceptors (Lipinski definition) is 2. The number of carbonyl (C=O) groups is 1. The predicted molar refractivity (Wildman–Crippen MR) is 70.4 cm³/mol. The molecule has 17 heavy (non-hydrogen) atoms. The van der Waals surface area contributed by atoms with E-state index in [4.69, 9.17) is 0 Å². The van der Waals surface area contributed by atoms with E-state index in [2.05, 4.69) is 30.9 Å². The number of likely N-dealkylation sites (N-methyl/N-ethyl adjacent to an activating group) is 1. The number of carbonyl (C=O) groups excluding carboxylic acids is 1. The molecule has 1 aliphatic rings. The van der Waals surface area contributed by atoms with Gasteiger partial charge in [-0.25, -0.2) is 0 Å². The Balaban J connectivity index is 2.31. The molecular weight excluding hydrogens is 212 g/mol. The summed E-state index contributed by atoms with van der Waals surface area (Å²) in [5.41, 5.74) is 2.34. The van der Waals surface area contributed by atoms with Crippen LogP contribution in [0.25, 0.3) is 0 Å². The van der Waals surface area contributed by atoms with E-state index in [1.165, 1.54) is 5.56 Å². The fourth-order valence-corrected chi connectivity index (χ4v) is 2.27. The summed E-state index contributed by atoms with van der Waals surface area (Å²) in [6.07, 6.45) is 0. The van der Waals surface area contributed by atoms with E-state index in [-0.39, 0.29) is 5.91 Å². The van der Waals surface area contributed by atoms with Gasteiger partial charge in [-0.1, -0.05) is 32.0 Å². The highest BCUT2D eigenvalue weighted by atomic mass is 16.2. The normalized spacial score (nSPS) is 17.9. The lowest BCUT2D eigenvalue weighted by Crippen LogP contribution is -2.49. The highest BCUT2D eigenvalue weighted by molar-refractivity contribution is 5.96. The second kappa shape index (κ2) is 4.88. The zero-order chi connectivity index (χ0) is 12.4. The number of benzene rings is 1. The van der Waals surface area contributed by atoms with Crippen LogP contribution < -0.4 is 4.90 Å². The summed E-state index contributed by atoms with van der Waals surface area (Å²) >= 11 is 0. The zero-order valence-corrected chi connectivity index (χ0v) is 10.8.